The van der Waals surface area contributed by atoms with E-state index in [0.29, 0.717) is 11.1 Å². The molecule has 4 aliphatic rings. The smallest absolute Gasteiger partial charge is 0.310 e. The fourth-order valence-corrected chi connectivity index (χ4v) is 5.64. The van der Waals surface area contributed by atoms with Gasteiger partial charge in [-0.3, -0.25) is 9.59 Å². The van der Waals surface area contributed by atoms with Crippen LogP contribution in [0.4, 0.5) is 0 Å². The lowest BCUT2D eigenvalue weighted by Crippen LogP contribution is -2.52. The lowest BCUT2D eigenvalue weighted by Gasteiger charge is -2.55. The third-order valence-corrected chi connectivity index (χ3v) is 6.08. The Morgan fingerprint density at radius 2 is 1.61 bits per heavy atom. The largest absolute Gasteiger partial charge is 0.459 e. The minimum Gasteiger partial charge on any atom is -0.459 e. The van der Waals surface area contributed by atoms with Crippen molar-refractivity contribution in [2.45, 2.75) is 50.5 Å². The molecule has 0 heterocycles. The summed E-state index contributed by atoms with van der Waals surface area (Å²) in [5, 5.41) is -0.525. The molecule has 23 heavy (non-hydrogen) atoms. The van der Waals surface area contributed by atoms with Crippen LogP contribution in [0.2, 0.25) is 0 Å². The van der Waals surface area contributed by atoms with E-state index >= 15 is 0 Å². The average molecular weight is 333 g/mol. The van der Waals surface area contributed by atoms with Gasteiger partial charge in [0, 0.05) is 5.56 Å². The number of ether oxygens (including phenoxy) is 1. The van der Waals surface area contributed by atoms with E-state index < -0.39 is 5.24 Å². The Morgan fingerprint density at radius 1 is 1.04 bits per heavy atom. The number of hydrogen-bond donors (Lipinski definition) is 0. The lowest BCUT2D eigenvalue weighted by atomic mass is 9.54. The van der Waals surface area contributed by atoms with Gasteiger partial charge in [0.25, 0.3) is 5.24 Å². The van der Waals surface area contributed by atoms with Crippen molar-refractivity contribution in [3.63, 3.8) is 0 Å². The zero-order chi connectivity index (χ0) is 16.0. The van der Waals surface area contributed by atoms with Crippen LogP contribution in [0.1, 0.15) is 54.4 Å². The van der Waals surface area contributed by atoms with E-state index in [1.165, 1.54) is 19.3 Å². The first-order chi connectivity index (χ1) is 11.0. The van der Waals surface area contributed by atoms with Crippen molar-refractivity contribution in [2.24, 2.45) is 17.8 Å². The molecular weight excluding hydrogens is 312 g/mol. The summed E-state index contributed by atoms with van der Waals surface area (Å²) in [6.07, 6.45) is 7.17. The predicted octanol–water partition coefficient (Wildman–Crippen LogP) is 4.12. The summed E-state index contributed by atoms with van der Waals surface area (Å²) in [7, 11) is 0. The van der Waals surface area contributed by atoms with Gasteiger partial charge in [0.15, 0.2) is 0 Å². The van der Waals surface area contributed by atoms with Crippen molar-refractivity contribution < 1.29 is 14.3 Å². The molecule has 0 spiro atoms. The fraction of sp³-hybridized carbons (Fsp3) is 0.579. The topological polar surface area (TPSA) is 43.4 Å². The van der Waals surface area contributed by atoms with Crippen LogP contribution in [0.3, 0.4) is 0 Å². The molecule has 0 N–H and O–H groups in total. The first-order valence-corrected chi connectivity index (χ1v) is 8.90. The average Bonchev–Trinajstić information content (AvgIpc) is 2.45. The molecule has 0 unspecified atom stereocenters. The van der Waals surface area contributed by atoms with Crippen molar-refractivity contribution in [1.82, 2.24) is 0 Å². The fourth-order valence-electron chi connectivity index (χ4n) is 5.46. The van der Waals surface area contributed by atoms with Crippen molar-refractivity contribution in [1.29, 1.82) is 0 Å². The number of rotatable bonds is 4. The molecule has 1 aromatic carbocycles. The number of carbonyl (C=O) groups excluding carboxylic acids is 2. The van der Waals surface area contributed by atoms with Crippen LogP contribution in [0.15, 0.2) is 24.3 Å². The molecule has 1 aromatic rings. The Balaban J connectivity index is 1.48. The van der Waals surface area contributed by atoms with Gasteiger partial charge in [0.2, 0.25) is 0 Å². The molecule has 0 amide bonds. The zero-order valence-electron chi connectivity index (χ0n) is 13.1. The summed E-state index contributed by atoms with van der Waals surface area (Å²) in [6.45, 7) is 0. The van der Waals surface area contributed by atoms with Crippen molar-refractivity contribution in [3.8, 4) is 0 Å². The molecule has 4 saturated carbocycles. The highest BCUT2D eigenvalue weighted by Gasteiger charge is 2.53. The van der Waals surface area contributed by atoms with Gasteiger partial charge in [-0.25, -0.2) is 0 Å². The summed E-state index contributed by atoms with van der Waals surface area (Å²) in [5.74, 6) is 2.00. The summed E-state index contributed by atoms with van der Waals surface area (Å²) >= 11 is 5.60. The van der Waals surface area contributed by atoms with Gasteiger partial charge in [-0.2, -0.15) is 0 Å². The molecule has 4 fully saturated rings. The highest BCUT2D eigenvalue weighted by molar-refractivity contribution is 6.67. The van der Waals surface area contributed by atoms with Crippen LogP contribution in [-0.4, -0.2) is 16.8 Å². The predicted molar refractivity (Wildman–Crippen MR) is 87.3 cm³/mol. The molecule has 5 rings (SSSR count). The molecule has 0 aromatic heterocycles. The Bertz CT molecular complexity index is 616. The quantitative estimate of drug-likeness (QED) is 0.615. The molecule has 0 aliphatic heterocycles. The summed E-state index contributed by atoms with van der Waals surface area (Å²) in [5.41, 5.74) is 0.824. The number of halogens is 1. The van der Waals surface area contributed by atoms with E-state index in [1.54, 1.807) is 18.2 Å². The van der Waals surface area contributed by atoms with Gasteiger partial charge in [-0.05, 0) is 79.5 Å². The maximum Gasteiger partial charge on any atom is 0.310 e. The number of hydrogen-bond acceptors (Lipinski definition) is 3. The Labute approximate surface area is 141 Å². The highest BCUT2D eigenvalue weighted by Crippen LogP contribution is 2.57. The van der Waals surface area contributed by atoms with E-state index in [0.717, 1.165) is 37.0 Å². The highest BCUT2D eigenvalue weighted by atomic mass is 35.5. The zero-order valence-corrected chi connectivity index (χ0v) is 13.8. The van der Waals surface area contributed by atoms with E-state index in [-0.39, 0.29) is 18.0 Å². The molecule has 3 nitrogen and oxygen atoms in total. The number of esters is 1. The van der Waals surface area contributed by atoms with Crippen LogP contribution < -0.4 is 0 Å². The summed E-state index contributed by atoms with van der Waals surface area (Å²) < 4.78 is 6.00. The first-order valence-electron chi connectivity index (χ1n) is 8.52. The van der Waals surface area contributed by atoms with E-state index in [4.69, 9.17) is 16.3 Å². The third kappa shape index (κ3) is 2.91. The molecule has 0 saturated heterocycles. The minimum absolute atomic E-state index is 0.121. The van der Waals surface area contributed by atoms with Gasteiger partial charge in [-0.1, -0.05) is 18.2 Å². The molecule has 4 bridgehead atoms. The van der Waals surface area contributed by atoms with Crippen LogP contribution in [-0.2, 0) is 16.0 Å². The van der Waals surface area contributed by atoms with E-state index in [2.05, 4.69) is 0 Å². The van der Waals surface area contributed by atoms with Gasteiger partial charge < -0.3 is 4.74 Å². The summed E-state index contributed by atoms with van der Waals surface area (Å²) in [4.78, 5) is 24.0. The molecule has 0 radical (unpaired) electrons. The maximum atomic E-state index is 12.5. The second-order valence-corrected chi connectivity index (χ2v) is 8.03. The van der Waals surface area contributed by atoms with E-state index in [1.807, 2.05) is 6.07 Å². The normalized spacial score (nSPS) is 34.4. The van der Waals surface area contributed by atoms with Crippen molar-refractivity contribution >= 4 is 22.8 Å². The second kappa shape index (κ2) is 5.62. The maximum absolute atomic E-state index is 12.5. The van der Waals surface area contributed by atoms with Gasteiger partial charge >= 0.3 is 5.97 Å². The Morgan fingerprint density at radius 3 is 2.17 bits per heavy atom. The number of carbonyl (C=O) groups is 2. The lowest BCUT2D eigenvalue weighted by molar-refractivity contribution is -0.185. The monoisotopic (exact) mass is 332 g/mol. The van der Waals surface area contributed by atoms with Crippen molar-refractivity contribution in [2.75, 3.05) is 0 Å². The molecular formula is C19H21ClO3. The SMILES string of the molecule is O=C(Cc1ccccc1C(=O)Cl)OC12CC3CC(CC(C3)C1)C2. The first kappa shape index (κ1) is 15.2. The molecule has 4 aliphatic carbocycles. The minimum atomic E-state index is -0.525. The number of benzene rings is 1. The van der Waals surface area contributed by atoms with Gasteiger partial charge in [-0.15, -0.1) is 0 Å². The Kier molecular flexibility index (Phi) is 3.72. The van der Waals surface area contributed by atoms with Gasteiger partial charge in [0.05, 0.1) is 6.42 Å². The Hall–Kier alpha value is -1.35. The molecule has 4 heteroatoms. The van der Waals surface area contributed by atoms with Crippen LogP contribution >= 0.6 is 11.6 Å². The second-order valence-electron chi connectivity index (χ2n) is 7.68. The third-order valence-electron chi connectivity index (χ3n) is 5.88. The van der Waals surface area contributed by atoms with Crippen LogP contribution in [0.25, 0.3) is 0 Å². The molecule has 122 valence electrons. The van der Waals surface area contributed by atoms with Crippen molar-refractivity contribution in [3.05, 3.63) is 35.4 Å². The van der Waals surface area contributed by atoms with E-state index in [9.17, 15) is 9.59 Å². The molecule has 0 atom stereocenters. The standard InChI is InChI=1S/C19H21ClO3/c20-18(22)16-4-2-1-3-15(16)8-17(21)23-19-9-12-5-13(10-19)7-14(6-12)11-19/h1-4,12-14H,5-11H2. The van der Waals surface area contributed by atoms with Crippen LogP contribution in [0.5, 0.6) is 0 Å². The van der Waals surface area contributed by atoms with Gasteiger partial charge in [0.1, 0.15) is 5.60 Å². The van der Waals surface area contributed by atoms with Crippen LogP contribution in [0, 0.1) is 17.8 Å². The summed E-state index contributed by atoms with van der Waals surface area (Å²) in [6, 6.07) is 7.00.